The van der Waals surface area contributed by atoms with Gasteiger partial charge >= 0.3 is 0 Å². The molecule has 0 fully saturated rings. The number of amidine groups is 2. The van der Waals surface area contributed by atoms with Crippen molar-refractivity contribution in [2.75, 3.05) is 18.5 Å². The Kier molecular flexibility index (Phi) is 10.4. The monoisotopic (exact) mass is 725 g/mol. The minimum absolute atomic E-state index is 0.350. The molecule has 1 N–H and O–H groups in total. The van der Waals surface area contributed by atoms with Gasteiger partial charge in [0.2, 0.25) is 0 Å². The standard InChI is InChI=1S/C35H29Br2N5O3/c36-26-11-15-32(38-18-26)40-34-30-14-13-28(17-31(30)35(42-34)41-33-16-12-27(37)19-39-33)45-29(22-43-20-24-7-3-1-4-8-24)23-44-21-25-9-5-2-6-10-25/h1-19,29H,20-23H2,(H,38,39,40,41,42). The zero-order valence-electron chi connectivity index (χ0n) is 24.1. The lowest BCUT2D eigenvalue weighted by Crippen LogP contribution is -2.28. The molecule has 45 heavy (non-hydrogen) atoms. The van der Waals surface area contributed by atoms with Crippen LogP contribution in [-0.2, 0) is 22.7 Å². The average molecular weight is 727 g/mol. The summed E-state index contributed by atoms with van der Waals surface area (Å²) in [5.74, 6) is 3.01. The number of ether oxygens (including phenoxy) is 3. The minimum Gasteiger partial charge on any atom is -0.486 e. The largest absolute Gasteiger partial charge is 0.486 e. The number of aliphatic imine (C=N–C) groups is 2. The normalized spacial score (nSPS) is 13.1. The molecule has 0 bridgehead atoms. The van der Waals surface area contributed by atoms with Gasteiger partial charge in [-0.25, -0.2) is 20.0 Å². The van der Waals surface area contributed by atoms with Crippen LogP contribution in [0.3, 0.4) is 0 Å². The fourth-order valence-electron chi connectivity index (χ4n) is 4.58. The molecule has 10 heteroatoms. The van der Waals surface area contributed by atoms with Crippen molar-refractivity contribution in [1.29, 1.82) is 0 Å². The lowest BCUT2D eigenvalue weighted by Gasteiger charge is -2.20. The van der Waals surface area contributed by atoms with Gasteiger partial charge in [-0.1, -0.05) is 60.7 Å². The van der Waals surface area contributed by atoms with Gasteiger partial charge in [-0.15, -0.1) is 0 Å². The molecule has 0 unspecified atom stereocenters. The molecule has 0 radical (unpaired) electrons. The molecule has 5 aromatic rings. The zero-order chi connectivity index (χ0) is 30.8. The van der Waals surface area contributed by atoms with Crippen LogP contribution in [0.25, 0.3) is 0 Å². The van der Waals surface area contributed by atoms with Gasteiger partial charge < -0.3 is 19.5 Å². The number of nitrogens with zero attached hydrogens (tertiary/aromatic N) is 4. The first-order chi connectivity index (χ1) is 22.1. The van der Waals surface area contributed by atoms with Gasteiger partial charge in [0, 0.05) is 32.5 Å². The Bertz CT molecular complexity index is 1720. The number of pyridine rings is 2. The second-order valence-corrected chi connectivity index (χ2v) is 12.0. The number of fused-ring (bicyclic) bond motifs is 1. The molecule has 3 aromatic carbocycles. The molecule has 2 aromatic heterocycles. The van der Waals surface area contributed by atoms with Crippen molar-refractivity contribution in [2.45, 2.75) is 19.3 Å². The van der Waals surface area contributed by atoms with E-state index in [9.17, 15) is 0 Å². The Balaban J connectivity index is 1.23. The van der Waals surface area contributed by atoms with E-state index < -0.39 is 0 Å². The molecule has 0 saturated carbocycles. The van der Waals surface area contributed by atoms with E-state index in [1.807, 2.05) is 103 Å². The highest BCUT2D eigenvalue weighted by molar-refractivity contribution is 9.10. The van der Waals surface area contributed by atoms with Gasteiger partial charge in [-0.05, 0) is 85.5 Å². The SMILES string of the molecule is Brc1ccc(N=C2N=C(Nc3ccc(Br)cn3)c3ccc(OC(COCc4ccccc4)COCc4ccccc4)cc32)nc1. The number of nitrogens with one attached hydrogen (secondary N) is 1. The second kappa shape index (κ2) is 15.2. The maximum Gasteiger partial charge on any atom is 0.164 e. The van der Waals surface area contributed by atoms with Crippen molar-refractivity contribution in [3.63, 3.8) is 0 Å². The molecule has 0 aliphatic carbocycles. The lowest BCUT2D eigenvalue weighted by molar-refractivity contribution is -0.0157. The van der Waals surface area contributed by atoms with E-state index in [2.05, 4.69) is 47.1 Å². The van der Waals surface area contributed by atoms with Crippen molar-refractivity contribution in [3.05, 3.63) is 147 Å². The summed E-state index contributed by atoms with van der Waals surface area (Å²) in [5.41, 5.74) is 3.88. The van der Waals surface area contributed by atoms with E-state index in [1.54, 1.807) is 12.4 Å². The van der Waals surface area contributed by atoms with Crippen LogP contribution in [0.4, 0.5) is 11.6 Å². The smallest absolute Gasteiger partial charge is 0.164 e. The van der Waals surface area contributed by atoms with Crippen LogP contribution < -0.4 is 10.1 Å². The lowest BCUT2D eigenvalue weighted by atomic mass is 10.1. The number of benzene rings is 3. The number of halogens is 2. The molecule has 0 spiro atoms. The summed E-state index contributed by atoms with van der Waals surface area (Å²) in [4.78, 5) is 18.4. The summed E-state index contributed by atoms with van der Waals surface area (Å²) in [6, 6.07) is 33.5. The summed E-state index contributed by atoms with van der Waals surface area (Å²) < 4.78 is 20.4. The molecule has 3 heterocycles. The highest BCUT2D eigenvalue weighted by Gasteiger charge is 2.24. The number of hydrogen-bond acceptors (Lipinski definition) is 7. The second-order valence-electron chi connectivity index (χ2n) is 10.2. The number of hydrogen-bond donors (Lipinski definition) is 1. The molecular formula is C35H29Br2N5O3. The van der Waals surface area contributed by atoms with E-state index >= 15 is 0 Å². The van der Waals surface area contributed by atoms with Gasteiger partial charge in [0.15, 0.2) is 11.7 Å². The Hall–Kier alpha value is -4.22. The highest BCUT2D eigenvalue weighted by atomic mass is 79.9. The zero-order valence-corrected chi connectivity index (χ0v) is 27.3. The molecular weight excluding hydrogens is 698 g/mol. The summed E-state index contributed by atoms with van der Waals surface area (Å²) in [7, 11) is 0. The third-order valence-electron chi connectivity index (χ3n) is 6.74. The third kappa shape index (κ3) is 8.70. The summed E-state index contributed by atoms with van der Waals surface area (Å²) in [6.07, 6.45) is 3.09. The molecule has 1 aliphatic rings. The number of anilines is 1. The fraction of sp³-hybridized carbons (Fsp3) is 0.143. The van der Waals surface area contributed by atoms with Crippen LogP contribution in [0.2, 0.25) is 0 Å². The van der Waals surface area contributed by atoms with E-state index in [0.29, 0.717) is 55.5 Å². The van der Waals surface area contributed by atoms with Crippen LogP contribution in [0.15, 0.2) is 134 Å². The Morgan fingerprint density at radius 3 is 1.93 bits per heavy atom. The van der Waals surface area contributed by atoms with Gasteiger partial charge in [0.1, 0.15) is 23.5 Å². The quantitative estimate of drug-likeness (QED) is 0.140. The molecule has 0 amide bonds. The molecule has 8 nitrogen and oxygen atoms in total. The van der Waals surface area contributed by atoms with Gasteiger partial charge in [-0.2, -0.15) is 0 Å². The van der Waals surface area contributed by atoms with Gasteiger partial charge in [0.05, 0.1) is 26.4 Å². The predicted octanol–water partition coefficient (Wildman–Crippen LogP) is 8.13. The maximum absolute atomic E-state index is 6.48. The molecule has 1 aliphatic heterocycles. The Morgan fingerprint density at radius 1 is 0.689 bits per heavy atom. The molecule has 0 atom stereocenters. The van der Waals surface area contributed by atoms with Crippen LogP contribution in [0, 0.1) is 0 Å². The van der Waals surface area contributed by atoms with E-state index in [0.717, 1.165) is 31.2 Å². The highest BCUT2D eigenvalue weighted by Crippen LogP contribution is 2.28. The fourth-order valence-corrected chi connectivity index (χ4v) is 5.05. The van der Waals surface area contributed by atoms with Crippen molar-refractivity contribution < 1.29 is 14.2 Å². The van der Waals surface area contributed by atoms with Crippen molar-refractivity contribution >= 4 is 55.2 Å². The topological polar surface area (TPSA) is 90.2 Å². The average Bonchev–Trinajstić information content (AvgIpc) is 3.39. The summed E-state index contributed by atoms with van der Waals surface area (Å²) >= 11 is 6.87. The first-order valence-electron chi connectivity index (χ1n) is 14.3. The number of aromatic nitrogens is 2. The van der Waals surface area contributed by atoms with E-state index in [1.165, 1.54) is 0 Å². The van der Waals surface area contributed by atoms with Crippen LogP contribution in [0.1, 0.15) is 22.3 Å². The van der Waals surface area contributed by atoms with Crippen LogP contribution in [0.5, 0.6) is 5.75 Å². The van der Waals surface area contributed by atoms with E-state index in [-0.39, 0.29) is 6.10 Å². The minimum atomic E-state index is -0.351. The first kappa shape index (κ1) is 30.8. The van der Waals surface area contributed by atoms with E-state index in [4.69, 9.17) is 24.2 Å². The predicted molar refractivity (Wildman–Crippen MR) is 183 cm³/mol. The van der Waals surface area contributed by atoms with Crippen molar-refractivity contribution in [1.82, 2.24) is 9.97 Å². The van der Waals surface area contributed by atoms with Gasteiger partial charge in [-0.3, -0.25) is 0 Å². The van der Waals surface area contributed by atoms with Crippen LogP contribution >= 0.6 is 31.9 Å². The van der Waals surface area contributed by atoms with Crippen molar-refractivity contribution in [3.8, 4) is 5.75 Å². The molecule has 226 valence electrons. The van der Waals surface area contributed by atoms with Crippen molar-refractivity contribution in [2.24, 2.45) is 9.98 Å². The Morgan fingerprint density at radius 2 is 1.33 bits per heavy atom. The number of rotatable bonds is 12. The summed E-state index contributed by atoms with van der Waals surface area (Å²) in [5, 5.41) is 3.32. The molecule has 6 rings (SSSR count). The third-order valence-corrected chi connectivity index (χ3v) is 7.68. The Labute approximate surface area is 278 Å². The van der Waals surface area contributed by atoms with Gasteiger partial charge in [0.25, 0.3) is 0 Å². The summed E-state index contributed by atoms with van der Waals surface area (Å²) in [6.45, 7) is 1.66. The van der Waals surface area contributed by atoms with Crippen LogP contribution in [-0.4, -0.2) is 41.0 Å². The maximum atomic E-state index is 6.48. The molecule has 0 saturated heterocycles. The first-order valence-corrected chi connectivity index (χ1v) is 15.9.